The lowest BCUT2D eigenvalue weighted by atomic mass is 10.5. The van der Waals surface area contributed by atoms with Gasteiger partial charge in [0.25, 0.3) is 0 Å². The Morgan fingerprint density at radius 1 is 1.58 bits per heavy atom. The number of nitrogens with one attached hydrogen (secondary N) is 1. The summed E-state index contributed by atoms with van der Waals surface area (Å²) in [6.45, 7) is 2.81. The van der Waals surface area contributed by atoms with Crippen molar-refractivity contribution in [3.05, 3.63) is 11.9 Å². The molecule has 1 rings (SSSR count). The van der Waals surface area contributed by atoms with E-state index in [4.69, 9.17) is 9.84 Å². The fourth-order valence-electron chi connectivity index (χ4n) is 1.38. The van der Waals surface area contributed by atoms with E-state index < -0.39 is 5.97 Å². The number of hydrogen-bond acceptors (Lipinski definition) is 5. The Morgan fingerprint density at radius 3 is 2.95 bits per heavy atom. The van der Waals surface area contributed by atoms with Crippen LogP contribution in [0.3, 0.4) is 0 Å². The van der Waals surface area contributed by atoms with Gasteiger partial charge in [0.1, 0.15) is 6.54 Å². The second-order valence-electron chi connectivity index (χ2n) is 3.82. The zero-order chi connectivity index (χ0) is 14.3. The largest absolute Gasteiger partial charge is 0.481 e. The van der Waals surface area contributed by atoms with Gasteiger partial charge in [-0.3, -0.25) is 9.59 Å². The molecule has 0 saturated carbocycles. The third-order valence-electron chi connectivity index (χ3n) is 2.13. The number of carboxylic acids is 1. The Balaban J connectivity index is 2.56. The van der Waals surface area contributed by atoms with Gasteiger partial charge in [0.2, 0.25) is 5.91 Å². The Morgan fingerprint density at radius 2 is 2.32 bits per heavy atom. The predicted octanol–water partition coefficient (Wildman–Crippen LogP) is 0.131. The second-order valence-corrected chi connectivity index (χ2v) is 4.76. The fourth-order valence-corrected chi connectivity index (χ4v) is 2.13. The number of ether oxygens (including phenoxy) is 1. The van der Waals surface area contributed by atoms with Crippen LogP contribution in [0.4, 0.5) is 0 Å². The summed E-state index contributed by atoms with van der Waals surface area (Å²) in [6.07, 6.45) is 1.72. The van der Waals surface area contributed by atoms with Crippen LogP contribution >= 0.6 is 11.8 Å². The molecule has 1 heterocycles. The monoisotopic (exact) mass is 287 g/mol. The van der Waals surface area contributed by atoms with Crippen molar-refractivity contribution in [2.24, 2.45) is 0 Å². The van der Waals surface area contributed by atoms with Crippen molar-refractivity contribution in [2.75, 3.05) is 26.0 Å². The van der Waals surface area contributed by atoms with Crippen LogP contribution in [0, 0.1) is 6.92 Å². The van der Waals surface area contributed by atoms with Crippen LogP contribution < -0.4 is 5.32 Å². The van der Waals surface area contributed by atoms with Gasteiger partial charge in [0.05, 0.1) is 18.1 Å². The number of carboxylic acid groups (broad SMARTS) is 1. The number of aromatic nitrogens is 2. The van der Waals surface area contributed by atoms with Crippen LogP contribution in [0.25, 0.3) is 0 Å². The third kappa shape index (κ3) is 5.75. The van der Waals surface area contributed by atoms with Gasteiger partial charge < -0.3 is 19.7 Å². The average Bonchev–Trinajstić information content (AvgIpc) is 2.67. The van der Waals surface area contributed by atoms with Crippen LogP contribution in [0.5, 0.6) is 0 Å². The molecule has 1 amide bonds. The van der Waals surface area contributed by atoms with E-state index in [1.54, 1.807) is 24.8 Å². The summed E-state index contributed by atoms with van der Waals surface area (Å²) < 4.78 is 6.48. The lowest BCUT2D eigenvalue weighted by molar-refractivity contribution is -0.133. The molecule has 0 aliphatic heterocycles. The van der Waals surface area contributed by atoms with Crippen LogP contribution in [0.15, 0.2) is 11.4 Å². The van der Waals surface area contributed by atoms with E-state index in [9.17, 15) is 9.59 Å². The van der Waals surface area contributed by atoms with Crippen molar-refractivity contribution in [3.63, 3.8) is 0 Å². The molecule has 0 fully saturated rings. The standard InChI is InChI=1S/C11H17N3O4S/c1-8-5-14(6-9(15)12-3-4-18-2)11(13-8)19-7-10(16)17/h5H,3-4,6-7H2,1-2H3,(H,12,15)(H,16,17). The van der Waals surface area contributed by atoms with Crippen molar-refractivity contribution < 1.29 is 19.4 Å². The summed E-state index contributed by atoms with van der Waals surface area (Å²) in [5.74, 6) is -1.16. The minimum absolute atomic E-state index is 0.0816. The molecule has 2 N–H and O–H groups in total. The van der Waals surface area contributed by atoms with Crippen molar-refractivity contribution in [3.8, 4) is 0 Å². The van der Waals surface area contributed by atoms with Gasteiger partial charge in [-0.1, -0.05) is 11.8 Å². The molecule has 19 heavy (non-hydrogen) atoms. The molecular formula is C11H17N3O4S. The Kier molecular flexibility index (Phi) is 6.37. The summed E-state index contributed by atoms with van der Waals surface area (Å²) in [5, 5.41) is 11.9. The van der Waals surface area contributed by atoms with Crippen LogP contribution in [0.2, 0.25) is 0 Å². The van der Waals surface area contributed by atoms with Gasteiger partial charge in [0.15, 0.2) is 5.16 Å². The molecule has 0 unspecified atom stereocenters. The lowest BCUT2D eigenvalue weighted by Gasteiger charge is -2.07. The van der Waals surface area contributed by atoms with Gasteiger partial charge in [-0.05, 0) is 6.92 Å². The lowest BCUT2D eigenvalue weighted by Crippen LogP contribution is -2.30. The Labute approximate surface area is 115 Å². The smallest absolute Gasteiger partial charge is 0.313 e. The van der Waals surface area contributed by atoms with E-state index in [2.05, 4.69) is 10.3 Å². The molecule has 0 aliphatic carbocycles. The number of amides is 1. The maximum atomic E-state index is 11.6. The van der Waals surface area contributed by atoms with E-state index in [1.165, 1.54) is 0 Å². The minimum atomic E-state index is -0.915. The summed E-state index contributed by atoms with van der Waals surface area (Å²) in [6, 6.07) is 0. The molecular weight excluding hydrogens is 270 g/mol. The quantitative estimate of drug-likeness (QED) is 0.521. The molecule has 0 saturated heterocycles. The molecule has 0 radical (unpaired) electrons. The van der Waals surface area contributed by atoms with Crippen LogP contribution in [0.1, 0.15) is 5.69 Å². The zero-order valence-corrected chi connectivity index (χ0v) is 11.7. The van der Waals surface area contributed by atoms with Gasteiger partial charge in [0, 0.05) is 19.9 Å². The minimum Gasteiger partial charge on any atom is -0.481 e. The predicted molar refractivity (Wildman–Crippen MR) is 70.2 cm³/mol. The number of imidazole rings is 1. The number of nitrogens with zero attached hydrogens (tertiary/aromatic N) is 2. The Hall–Kier alpha value is -1.54. The molecule has 1 aromatic rings. The molecule has 0 spiro atoms. The number of aliphatic carboxylic acids is 1. The number of carbonyl (C=O) groups is 2. The number of aryl methyl sites for hydroxylation is 1. The second kappa shape index (κ2) is 7.80. The molecule has 1 aromatic heterocycles. The molecule has 0 atom stereocenters. The number of carbonyl (C=O) groups excluding carboxylic acids is 1. The maximum absolute atomic E-state index is 11.6. The van der Waals surface area contributed by atoms with E-state index in [1.807, 2.05) is 0 Å². The van der Waals surface area contributed by atoms with E-state index in [-0.39, 0.29) is 18.2 Å². The van der Waals surface area contributed by atoms with Crippen molar-refractivity contribution in [2.45, 2.75) is 18.6 Å². The van der Waals surface area contributed by atoms with Crippen LogP contribution in [-0.4, -0.2) is 52.5 Å². The van der Waals surface area contributed by atoms with Crippen LogP contribution in [-0.2, 0) is 20.9 Å². The highest BCUT2D eigenvalue weighted by Gasteiger charge is 2.11. The molecule has 0 aliphatic rings. The number of rotatable bonds is 8. The van der Waals surface area contributed by atoms with Crippen molar-refractivity contribution in [1.29, 1.82) is 0 Å². The normalized spacial score (nSPS) is 10.4. The first-order valence-corrected chi connectivity index (χ1v) is 6.65. The van der Waals surface area contributed by atoms with Gasteiger partial charge >= 0.3 is 5.97 Å². The molecule has 106 valence electrons. The van der Waals surface area contributed by atoms with Gasteiger partial charge in [-0.15, -0.1) is 0 Å². The SMILES string of the molecule is COCCNC(=O)Cn1cc(C)nc1SCC(=O)O. The number of hydrogen-bond donors (Lipinski definition) is 2. The van der Waals surface area contributed by atoms with Crippen molar-refractivity contribution >= 4 is 23.6 Å². The van der Waals surface area contributed by atoms with Gasteiger partial charge in [-0.2, -0.15) is 0 Å². The number of thioether (sulfide) groups is 1. The highest BCUT2D eigenvalue weighted by Crippen LogP contribution is 2.17. The highest BCUT2D eigenvalue weighted by molar-refractivity contribution is 7.99. The summed E-state index contributed by atoms with van der Waals surface area (Å²) >= 11 is 1.09. The highest BCUT2D eigenvalue weighted by atomic mass is 32.2. The summed E-state index contributed by atoms with van der Waals surface area (Å²) in [4.78, 5) is 26.4. The average molecular weight is 287 g/mol. The van der Waals surface area contributed by atoms with E-state index >= 15 is 0 Å². The Bertz CT molecular complexity index is 447. The molecule has 7 nitrogen and oxygen atoms in total. The first-order chi connectivity index (χ1) is 9.02. The van der Waals surface area contributed by atoms with E-state index in [0.717, 1.165) is 17.5 Å². The van der Waals surface area contributed by atoms with Gasteiger partial charge in [-0.25, -0.2) is 4.98 Å². The molecule has 8 heteroatoms. The molecule has 0 aromatic carbocycles. The summed E-state index contributed by atoms with van der Waals surface area (Å²) in [7, 11) is 1.56. The van der Waals surface area contributed by atoms with E-state index in [0.29, 0.717) is 18.3 Å². The topological polar surface area (TPSA) is 93.5 Å². The maximum Gasteiger partial charge on any atom is 0.313 e. The fraction of sp³-hybridized carbons (Fsp3) is 0.545. The first kappa shape index (κ1) is 15.5. The summed E-state index contributed by atoms with van der Waals surface area (Å²) in [5.41, 5.74) is 0.748. The van der Waals surface area contributed by atoms with Crippen molar-refractivity contribution in [1.82, 2.24) is 14.9 Å². The third-order valence-corrected chi connectivity index (χ3v) is 3.10. The first-order valence-electron chi connectivity index (χ1n) is 5.67. The number of methoxy groups -OCH3 is 1. The zero-order valence-electron chi connectivity index (χ0n) is 10.9. The molecule has 0 bridgehead atoms.